The number of rotatable bonds is 3. The highest BCUT2D eigenvalue weighted by Crippen LogP contribution is 1.99. The van der Waals surface area contributed by atoms with Crippen LogP contribution < -0.4 is 10.9 Å². The molecular weight excluding hydrogens is 220 g/mol. The lowest BCUT2D eigenvalue weighted by Crippen LogP contribution is -2.31. The Balaban J connectivity index is 2.10. The van der Waals surface area contributed by atoms with E-state index in [1.54, 1.807) is 31.4 Å². The third-order valence-electron chi connectivity index (χ3n) is 2.37. The Hall–Kier alpha value is -2.30. The Morgan fingerprint density at radius 1 is 1.41 bits per heavy atom. The molecular formula is C12H12N2O3. The van der Waals surface area contributed by atoms with E-state index in [4.69, 9.17) is 4.42 Å². The predicted molar refractivity (Wildman–Crippen MR) is 61.6 cm³/mol. The van der Waals surface area contributed by atoms with Gasteiger partial charge in [-0.25, -0.2) is 0 Å². The molecule has 0 bridgehead atoms. The van der Waals surface area contributed by atoms with Crippen molar-refractivity contribution in [3.63, 3.8) is 0 Å². The Labute approximate surface area is 97.7 Å². The van der Waals surface area contributed by atoms with E-state index in [1.807, 2.05) is 0 Å². The molecule has 0 aliphatic carbocycles. The molecule has 0 unspecified atom stereocenters. The minimum Gasteiger partial charge on any atom is -0.467 e. The molecule has 2 aromatic heterocycles. The number of carbonyl (C=O) groups is 1. The molecule has 5 nitrogen and oxygen atoms in total. The molecule has 0 saturated carbocycles. The van der Waals surface area contributed by atoms with E-state index in [9.17, 15) is 9.59 Å². The molecule has 2 aromatic rings. The van der Waals surface area contributed by atoms with Gasteiger partial charge in [0.25, 0.3) is 11.5 Å². The second kappa shape index (κ2) is 4.69. The largest absolute Gasteiger partial charge is 0.467 e. The van der Waals surface area contributed by atoms with Crippen molar-refractivity contribution in [2.24, 2.45) is 7.05 Å². The van der Waals surface area contributed by atoms with Gasteiger partial charge in [-0.3, -0.25) is 9.59 Å². The minimum atomic E-state index is -0.400. The van der Waals surface area contributed by atoms with E-state index in [0.29, 0.717) is 5.76 Å². The molecule has 2 heterocycles. The van der Waals surface area contributed by atoms with Gasteiger partial charge in [-0.05, 0) is 24.3 Å². The van der Waals surface area contributed by atoms with Crippen molar-refractivity contribution in [1.29, 1.82) is 0 Å². The zero-order valence-corrected chi connectivity index (χ0v) is 9.34. The van der Waals surface area contributed by atoms with Crippen molar-refractivity contribution in [3.8, 4) is 0 Å². The Morgan fingerprint density at radius 2 is 2.24 bits per heavy atom. The highest BCUT2D eigenvalue weighted by Gasteiger charge is 2.10. The number of nitrogens with zero attached hydrogens (tertiary/aromatic N) is 1. The number of aromatic nitrogens is 1. The second-order valence-electron chi connectivity index (χ2n) is 3.60. The fourth-order valence-electron chi connectivity index (χ4n) is 1.45. The molecule has 0 saturated heterocycles. The van der Waals surface area contributed by atoms with E-state index in [1.165, 1.54) is 16.9 Å². The first-order valence-corrected chi connectivity index (χ1v) is 5.14. The number of aryl methyl sites for hydroxylation is 1. The van der Waals surface area contributed by atoms with Crippen LogP contribution in [0.3, 0.4) is 0 Å². The normalized spacial score (nSPS) is 10.2. The van der Waals surface area contributed by atoms with Crippen molar-refractivity contribution in [1.82, 2.24) is 9.88 Å². The molecule has 0 aromatic carbocycles. The average Bonchev–Trinajstić information content (AvgIpc) is 2.82. The van der Waals surface area contributed by atoms with Crippen molar-refractivity contribution >= 4 is 5.91 Å². The van der Waals surface area contributed by atoms with Crippen LogP contribution in [0.5, 0.6) is 0 Å². The van der Waals surface area contributed by atoms with Gasteiger partial charge in [0.15, 0.2) is 0 Å². The molecule has 17 heavy (non-hydrogen) atoms. The SMILES string of the molecule is Cn1cccc(C(=O)NCc2ccco2)c1=O. The molecule has 0 atom stereocenters. The van der Waals surface area contributed by atoms with Gasteiger partial charge in [0.05, 0.1) is 12.8 Å². The Kier molecular flexibility index (Phi) is 3.09. The Bertz CT molecular complexity index is 570. The number of hydrogen-bond donors (Lipinski definition) is 1. The minimum absolute atomic E-state index is 0.126. The molecule has 0 aliphatic rings. The summed E-state index contributed by atoms with van der Waals surface area (Å²) in [4.78, 5) is 23.4. The van der Waals surface area contributed by atoms with Crippen LogP contribution in [0.2, 0.25) is 0 Å². The zero-order chi connectivity index (χ0) is 12.3. The second-order valence-corrected chi connectivity index (χ2v) is 3.60. The highest BCUT2D eigenvalue weighted by molar-refractivity contribution is 5.93. The summed E-state index contributed by atoms with van der Waals surface area (Å²) in [7, 11) is 1.60. The Morgan fingerprint density at radius 3 is 2.94 bits per heavy atom. The summed E-state index contributed by atoms with van der Waals surface area (Å²) in [5, 5.41) is 2.62. The van der Waals surface area contributed by atoms with Crippen LogP contribution in [-0.2, 0) is 13.6 Å². The van der Waals surface area contributed by atoms with Gasteiger partial charge >= 0.3 is 0 Å². The molecule has 2 rings (SSSR count). The summed E-state index contributed by atoms with van der Waals surface area (Å²) in [5.74, 6) is 0.244. The maximum absolute atomic E-state index is 11.7. The third-order valence-corrected chi connectivity index (χ3v) is 2.37. The summed E-state index contributed by atoms with van der Waals surface area (Å²) in [6.45, 7) is 0.268. The van der Waals surface area contributed by atoms with Crippen LogP contribution in [0.1, 0.15) is 16.1 Å². The molecule has 1 N–H and O–H groups in total. The number of hydrogen-bond acceptors (Lipinski definition) is 3. The van der Waals surface area contributed by atoms with Crippen molar-refractivity contribution in [2.45, 2.75) is 6.54 Å². The number of pyridine rings is 1. The first kappa shape index (κ1) is 11.2. The topological polar surface area (TPSA) is 64.2 Å². The molecule has 88 valence electrons. The van der Waals surface area contributed by atoms with Crippen molar-refractivity contribution in [3.05, 3.63) is 58.4 Å². The summed E-state index contributed by atoms with van der Waals surface area (Å²) in [6, 6.07) is 6.65. The van der Waals surface area contributed by atoms with Crippen LogP contribution in [0.4, 0.5) is 0 Å². The number of nitrogens with one attached hydrogen (secondary N) is 1. The van der Waals surface area contributed by atoms with E-state index >= 15 is 0 Å². The fourth-order valence-corrected chi connectivity index (χ4v) is 1.45. The first-order valence-electron chi connectivity index (χ1n) is 5.14. The van der Waals surface area contributed by atoms with Gasteiger partial charge in [0.1, 0.15) is 11.3 Å². The lowest BCUT2D eigenvalue weighted by molar-refractivity contribution is 0.0946. The summed E-state index contributed by atoms with van der Waals surface area (Å²) >= 11 is 0. The molecule has 0 radical (unpaired) electrons. The molecule has 0 fully saturated rings. The maximum Gasteiger partial charge on any atom is 0.263 e. The average molecular weight is 232 g/mol. The van der Waals surface area contributed by atoms with Gasteiger partial charge < -0.3 is 14.3 Å². The summed E-state index contributed by atoms with van der Waals surface area (Å²) < 4.78 is 6.44. The zero-order valence-electron chi connectivity index (χ0n) is 9.34. The lowest BCUT2D eigenvalue weighted by atomic mass is 10.2. The monoisotopic (exact) mass is 232 g/mol. The number of amides is 1. The van der Waals surface area contributed by atoms with Crippen LogP contribution in [0.25, 0.3) is 0 Å². The molecule has 0 spiro atoms. The quantitative estimate of drug-likeness (QED) is 0.855. The van der Waals surface area contributed by atoms with Crippen LogP contribution in [-0.4, -0.2) is 10.5 Å². The molecule has 1 amide bonds. The molecule has 0 aliphatic heterocycles. The summed E-state index contributed by atoms with van der Waals surface area (Å²) in [5.41, 5.74) is -0.189. The lowest BCUT2D eigenvalue weighted by Gasteiger charge is -2.04. The van der Waals surface area contributed by atoms with Crippen molar-refractivity contribution in [2.75, 3.05) is 0 Å². The van der Waals surface area contributed by atoms with Crippen molar-refractivity contribution < 1.29 is 9.21 Å². The maximum atomic E-state index is 11.7. The van der Waals surface area contributed by atoms with Crippen LogP contribution in [0.15, 0.2) is 45.9 Å². The standard InChI is InChI=1S/C12H12N2O3/c1-14-6-2-5-10(12(14)16)11(15)13-8-9-4-3-7-17-9/h2-7H,8H2,1H3,(H,13,15). The van der Waals surface area contributed by atoms with E-state index in [0.717, 1.165) is 0 Å². The molecule has 5 heteroatoms. The van der Waals surface area contributed by atoms with Gasteiger partial charge in [0, 0.05) is 13.2 Å². The fraction of sp³-hybridized carbons (Fsp3) is 0.167. The smallest absolute Gasteiger partial charge is 0.263 e. The van der Waals surface area contributed by atoms with Gasteiger partial charge in [-0.1, -0.05) is 0 Å². The highest BCUT2D eigenvalue weighted by atomic mass is 16.3. The first-order chi connectivity index (χ1) is 8.18. The van der Waals surface area contributed by atoms with Gasteiger partial charge in [-0.15, -0.1) is 0 Å². The predicted octanol–water partition coefficient (Wildman–Crippen LogP) is 0.908. The summed E-state index contributed by atoms with van der Waals surface area (Å²) in [6.07, 6.45) is 3.13. The van der Waals surface area contributed by atoms with E-state index in [2.05, 4.69) is 5.32 Å². The number of furan rings is 1. The third kappa shape index (κ3) is 2.44. The van der Waals surface area contributed by atoms with Gasteiger partial charge in [-0.2, -0.15) is 0 Å². The number of carbonyl (C=O) groups excluding carboxylic acids is 1. The van der Waals surface area contributed by atoms with E-state index in [-0.39, 0.29) is 17.7 Å². The van der Waals surface area contributed by atoms with Crippen LogP contribution in [0, 0.1) is 0 Å². The van der Waals surface area contributed by atoms with Crippen LogP contribution >= 0.6 is 0 Å². The van der Waals surface area contributed by atoms with E-state index < -0.39 is 5.91 Å². The van der Waals surface area contributed by atoms with Gasteiger partial charge in [0.2, 0.25) is 0 Å².